The molecular weight excluding hydrogens is 473 g/mol. The van der Waals surface area contributed by atoms with Crippen molar-refractivity contribution in [3.05, 3.63) is 63.0 Å². The molecule has 0 saturated carbocycles. The second-order valence-electron chi connectivity index (χ2n) is 6.13. The summed E-state index contributed by atoms with van der Waals surface area (Å²) in [7, 11) is 0. The van der Waals surface area contributed by atoms with E-state index in [1.54, 1.807) is 11.3 Å². The second-order valence-corrected chi connectivity index (χ2v) is 8.12. The molecule has 1 aliphatic heterocycles. The second kappa shape index (κ2) is 8.37. The minimum Gasteiger partial charge on any atom is -0.378 e. The van der Waals surface area contributed by atoms with Crippen LogP contribution in [-0.4, -0.2) is 37.2 Å². The van der Waals surface area contributed by atoms with Gasteiger partial charge in [0.2, 0.25) is 0 Å². The average Bonchev–Trinajstić information content (AvgIpc) is 3.20. The zero-order chi connectivity index (χ0) is 18.6. The van der Waals surface area contributed by atoms with Crippen molar-refractivity contribution in [2.45, 2.75) is 0 Å². The minimum absolute atomic E-state index is 0.101. The highest BCUT2D eigenvalue weighted by molar-refractivity contribution is 14.1. The summed E-state index contributed by atoms with van der Waals surface area (Å²) >= 11 is 3.83. The topological polar surface area (TPSA) is 54.5 Å². The molecule has 1 amide bonds. The molecule has 0 bridgehead atoms. The number of benzene rings is 2. The highest BCUT2D eigenvalue weighted by Crippen LogP contribution is 2.28. The number of carbonyl (C=O) groups is 1. The van der Waals surface area contributed by atoms with E-state index in [1.165, 1.54) is 0 Å². The zero-order valence-electron chi connectivity index (χ0n) is 14.5. The number of nitrogens with one attached hydrogen (secondary N) is 1. The monoisotopic (exact) mass is 491 g/mol. The molecule has 138 valence electrons. The first kappa shape index (κ1) is 18.4. The van der Waals surface area contributed by atoms with Crippen LogP contribution in [0.25, 0.3) is 11.3 Å². The Kier molecular flexibility index (Phi) is 5.70. The molecular formula is C20H18IN3O2S. The van der Waals surface area contributed by atoms with Crippen LogP contribution in [0, 0.1) is 3.57 Å². The standard InChI is InChI=1S/C20H18IN3O2S/c21-17-4-2-1-3-16(17)19(25)22-15-7-5-14(6-8-15)18-13-27-20(23-18)24-9-11-26-12-10-24/h1-8,13H,9-12H2,(H,22,25). The van der Waals surface area contributed by atoms with Crippen LogP contribution in [0.3, 0.4) is 0 Å². The summed E-state index contributed by atoms with van der Waals surface area (Å²) in [6.07, 6.45) is 0. The SMILES string of the molecule is O=C(Nc1ccc(-c2csc(N3CCOCC3)n2)cc1)c1ccccc1I. The number of ether oxygens (including phenoxy) is 1. The van der Waals surface area contributed by atoms with E-state index in [2.05, 4.69) is 38.2 Å². The van der Waals surface area contributed by atoms with Gasteiger partial charge in [-0.2, -0.15) is 0 Å². The average molecular weight is 491 g/mol. The van der Waals surface area contributed by atoms with Crippen LogP contribution in [-0.2, 0) is 4.74 Å². The number of aromatic nitrogens is 1. The van der Waals surface area contributed by atoms with Crippen molar-refractivity contribution in [3.8, 4) is 11.3 Å². The Labute approximate surface area is 175 Å². The van der Waals surface area contributed by atoms with Crippen molar-refractivity contribution >= 4 is 50.7 Å². The largest absolute Gasteiger partial charge is 0.378 e. The summed E-state index contributed by atoms with van der Waals surface area (Å²) in [4.78, 5) is 19.4. The number of amides is 1. The normalized spacial score (nSPS) is 14.2. The Bertz CT molecular complexity index is 936. The highest BCUT2D eigenvalue weighted by Gasteiger charge is 2.15. The number of hydrogen-bond acceptors (Lipinski definition) is 5. The first-order valence-corrected chi connectivity index (χ1v) is 10.6. The van der Waals surface area contributed by atoms with Crippen molar-refractivity contribution in [2.24, 2.45) is 0 Å². The molecule has 1 aromatic heterocycles. The summed E-state index contributed by atoms with van der Waals surface area (Å²) in [5.41, 5.74) is 3.44. The molecule has 0 aliphatic carbocycles. The van der Waals surface area contributed by atoms with E-state index in [0.29, 0.717) is 5.56 Å². The van der Waals surface area contributed by atoms with Gasteiger partial charge < -0.3 is 15.0 Å². The number of rotatable bonds is 4. The number of hydrogen-bond donors (Lipinski definition) is 1. The number of thiazole rings is 1. The van der Waals surface area contributed by atoms with E-state index in [-0.39, 0.29) is 5.91 Å². The number of halogens is 1. The molecule has 0 radical (unpaired) electrons. The molecule has 3 aromatic rings. The molecule has 27 heavy (non-hydrogen) atoms. The van der Waals surface area contributed by atoms with Gasteiger partial charge in [0, 0.05) is 33.3 Å². The van der Waals surface area contributed by atoms with Crippen LogP contribution >= 0.6 is 33.9 Å². The molecule has 1 aliphatic rings. The van der Waals surface area contributed by atoms with Crippen molar-refractivity contribution in [3.63, 3.8) is 0 Å². The van der Waals surface area contributed by atoms with Crippen LogP contribution in [0.15, 0.2) is 53.9 Å². The van der Waals surface area contributed by atoms with Gasteiger partial charge in [-0.25, -0.2) is 4.98 Å². The van der Waals surface area contributed by atoms with Crippen molar-refractivity contribution in [2.75, 3.05) is 36.5 Å². The molecule has 1 saturated heterocycles. The highest BCUT2D eigenvalue weighted by atomic mass is 127. The van der Waals surface area contributed by atoms with Gasteiger partial charge in [-0.3, -0.25) is 4.79 Å². The first-order chi connectivity index (χ1) is 13.2. The molecule has 0 atom stereocenters. The van der Waals surface area contributed by atoms with Crippen LogP contribution < -0.4 is 10.2 Å². The lowest BCUT2D eigenvalue weighted by molar-refractivity contribution is 0.102. The van der Waals surface area contributed by atoms with E-state index < -0.39 is 0 Å². The lowest BCUT2D eigenvalue weighted by atomic mass is 10.1. The van der Waals surface area contributed by atoms with Crippen molar-refractivity contribution < 1.29 is 9.53 Å². The maximum atomic E-state index is 12.4. The van der Waals surface area contributed by atoms with E-state index >= 15 is 0 Å². The minimum atomic E-state index is -0.101. The summed E-state index contributed by atoms with van der Waals surface area (Å²) < 4.78 is 6.33. The van der Waals surface area contributed by atoms with Crippen LogP contribution in [0.2, 0.25) is 0 Å². The van der Waals surface area contributed by atoms with E-state index in [4.69, 9.17) is 9.72 Å². The Morgan fingerprint density at radius 3 is 2.59 bits per heavy atom. The lowest BCUT2D eigenvalue weighted by Crippen LogP contribution is -2.36. The molecule has 7 heteroatoms. The van der Waals surface area contributed by atoms with Crippen LogP contribution in [0.1, 0.15) is 10.4 Å². The van der Waals surface area contributed by atoms with Gasteiger partial charge in [0.05, 0.1) is 24.5 Å². The lowest BCUT2D eigenvalue weighted by Gasteiger charge is -2.26. The van der Waals surface area contributed by atoms with Gasteiger partial charge in [-0.15, -0.1) is 11.3 Å². The van der Waals surface area contributed by atoms with Gasteiger partial charge in [0.25, 0.3) is 5.91 Å². The maximum absolute atomic E-state index is 12.4. The number of nitrogens with zero attached hydrogens (tertiary/aromatic N) is 2. The van der Waals surface area contributed by atoms with Gasteiger partial charge in [-0.05, 0) is 46.9 Å². The predicted octanol–water partition coefficient (Wildman–Crippen LogP) is 4.50. The number of carbonyl (C=O) groups excluding carboxylic acids is 1. The Hall–Kier alpha value is -1.97. The van der Waals surface area contributed by atoms with Crippen LogP contribution in [0.5, 0.6) is 0 Å². The third-order valence-electron chi connectivity index (χ3n) is 4.33. The van der Waals surface area contributed by atoms with Gasteiger partial charge >= 0.3 is 0 Å². The Morgan fingerprint density at radius 2 is 1.85 bits per heavy atom. The third kappa shape index (κ3) is 4.31. The molecule has 0 unspecified atom stereocenters. The molecule has 2 aromatic carbocycles. The van der Waals surface area contributed by atoms with Crippen molar-refractivity contribution in [1.29, 1.82) is 0 Å². The van der Waals surface area contributed by atoms with Crippen molar-refractivity contribution in [1.82, 2.24) is 4.98 Å². The molecule has 5 nitrogen and oxygen atoms in total. The summed E-state index contributed by atoms with van der Waals surface area (Å²) in [6, 6.07) is 15.3. The van der Waals surface area contributed by atoms with E-state index in [0.717, 1.165) is 51.9 Å². The fourth-order valence-corrected chi connectivity index (χ4v) is 4.39. The molecule has 2 heterocycles. The summed E-state index contributed by atoms with van der Waals surface area (Å²) in [5.74, 6) is -0.101. The third-order valence-corrected chi connectivity index (χ3v) is 6.17. The molecule has 4 rings (SSSR count). The van der Waals surface area contributed by atoms with Crippen LogP contribution in [0.4, 0.5) is 10.8 Å². The quantitative estimate of drug-likeness (QED) is 0.547. The Morgan fingerprint density at radius 1 is 1.11 bits per heavy atom. The summed E-state index contributed by atoms with van der Waals surface area (Å²) in [5, 5.41) is 6.06. The fraction of sp³-hybridized carbons (Fsp3) is 0.200. The molecule has 1 N–H and O–H groups in total. The van der Waals surface area contributed by atoms with Gasteiger partial charge in [-0.1, -0.05) is 24.3 Å². The van der Waals surface area contributed by atoms with Gasteiger partial charge in [0.1, 0.15) is 0 Å². The maximum Gasteiger partial charge on any atom is 0.256 e. The number of anilines is 2. The molecule has 1 fully saturated rings. The predicted molar refractivity (Wildman–Crippen MR) is 118 cm³/mol. The van der Waals surface area contributed by atoms with Gasteiger partial charge in [0.15, 0.2) is 5.13 Å². The zero-order valence-corrected chi connectivity index (χ0v) is 17.5. The number of morpholine rings is 1. The fourth-order valence-electron chi connectivity index (χ4n) is 2.86. The summed E-state index contributed by atoms with van der Waals surface area (Å²) in [6.45, 7) is 3.28. The van der Waals surface area contributed by atoms with E-state index in [9.17, 15) is 4.79 Å². The molecule has 0 spiro atoms. The smallest absolute Gasteiger partial charge is 0.256 e. The first-order valence-electron chi connectivity index (χ1n) is 8.65. The Balaban J connectivity index is 1.45. The van der Waals surface area contributed by atoms with E-state index in [1.807, 2.05) is 48.5 Å².